The molecule has 2 aromatic heterocycles. The van der Waals surface area contributed by atoms with Crippen LogP contribution in [0, 0.1) is 6.92 Å². The lowest BCUT2D eigenvalue weighted by Gasteiger charge is -2.36. The summed E-state index contributed by atoms with van der Waals surface area (Å²) in [4.78, 5) is 43.0. The molecule has 0 bridgehead atoms. The second-order valence-electron chi connectivity index (χ2n) is 9.25. The average molecular weight is 499 g/mol. The largest absolute Gasteiger partial charge is 0.362 e. The third-order valence-corrected chi connectivity index (χ3v) is 7.03. The van der Waals surface area contributed by atoms with Gasteiger partial charge in [-0.15, -0.1) is 0 Å². The first-order chi connectivity index (χ1) is 17.9. The summed E-state index contributed by atoms with van der Waals surface area (Å²) in [5, 5.41) is 7.22. The van der Waals surface area contributed by atoms with Crippen LogP contribution in [0.4, 0.5) is 5.69 Å². The molecule has 2 aromatic carbocycles. The quantitative estimate of drug-likeness (QED) is 0.457. The van der Waals surface area contributed by atoms with Crippen molar-refractivity contribution in [3.63, 3.8) is 0 Å². The minimum absolute atomic E-state index is 0.123. The molecule has 3 heterocycles. The Balaban J connectivity index is 1.34. The van der Waals surface area contributed by atoms with Gasteiger partial charge < -0.3 is 9.80 Å². The lowest BCUT2D eigenvalue weighted by molar-refractivity contribution is 0.0740. The van der Waals surface area contributed by atoms with Crippen molar-refractivity contribution >= 4 is 11.6 Å². The van der Waals surface area contributed by atoms with Crippen molar-refractivity contribution in [2.45, 2.75) is 20.3 Å². The van der Waals surface area contributed by atoms with Gasteiger partial charge >= 0.3 is 5.69 Å². The minimum Gasteiger partial charge on any atom is -0.362 e. The summed E-state index contributed by atoms with van der Waals surface area (Å²) in [5.41, 5.74) is 4.43. The highest BCUT2D eigenvalue weighted by Crippen LogP contribution is 2.22. The van der Waals surface area contributed by atoms with Gasteiger partial charge in [-0.1, -0.05) is 49.4 Å². The van der Waals surface area contributed by atoms with Gasteiger partial charge in [0.2, 0.25) is 0 Å². The van der Waals surface area contributed by atoms with E-state index >= 15 is 0 Å². The number of aromatic amines is 1. The van der Waals surface area contributed by atoms with Gasteiger partial charge in [0.05, 0.1) is 17.1 Å². The summed E-state index contributed by atoms with van der Waals surface area (Å²) in [6.45, 7) is 5.76. The van der Waals surface area contributed by atoms with Gasteiger partial charge in [0.25, 0.3) is 11.5 Å². The summed E-state index contributed by atoms with van der Waals surface area (Å²) in [7, 11) is 1.50. The number of benzene rings is 2. The zero-order valence-electron chi connectivity index (χ0n) is 21.3. The molecule has 0 aliphatic carbocycles. The zero-order chi connectivity index (χ0) is 26.1. The van der Waals surface area contributed by atoms with Crippen molar-refractivity contribution in [2.75, 3.05) is 31.1 Å². The maximum atomic E-state index is 13.2. The Labute approximate surface area is 214 Å². The highest BCUT2D eigenvalue weighted by molar-refractivity contribution is 5.93. The molecule has 1 aliphatic heterocycles. The maximum absolute atomic E-state index is 13.2. The van der Waals surface area contributed by atoms with Gasteiger partial charge in [-0.2, -0.15) is 5.10 Å². The number of rotatable bonds is 5. The molecule has 190 valence electrons. The van der Waals surface area contributed by atoms with E-state index in [0.717, 1.165) is 22.2 Å². The topological polar surface area (TPSA) is 96.2 Å². The van der Waals surface area contributed by atoms with Crippen LogP contribution in [-0.2, 0) is 13.5 Å². The smallest absolute Gasteiger partial charge is 0.335 e. The lowest BCUT2D eigenvalue weighted by Crippen LogP contribution is -2.52. The fourth-order valence-electron chi connectivity index (χ4n) is 4.84. The standard InChI is InChI=1S/C28H30N6O3/c1-4-20-10-12-21(13-11-20)23-18-24(30-29-23)26(35)33-16-14-32(15-17-33)25-19(2)34(22-8-6-5-7-9-22)28(37)31(3)27(25)36/h5-13,18H,4,14-17H2,1-3H3,(H,29,30). The molecule has 0 atom stereocenters. The molecule has 5 rings (SSSR count). The van der Waals surface area contributed by atoms with Crippen LogP contribution in [0.3, 0.4) is 0 Å². The number of aryl methyl sites for hydroxylation is 1. The van der Waals surface area contributed by atoms with Crippen LogP contribution >= 0.6 is 0 Å². The number of hydrogen-bond acceptors (Lipinski definition) is 5. The maximum Gasteiger partial charge on any atom is 0.335 e. The number of nitrogens with one attached hydrogen (secondary N) is 1. The molecule has 1 aliphatic rings. The number of para-hydroxylation sites is 1. The molecule has 4 aromatic rings. The number of carbonyl (C=O) groups is 1. The predicted molar refractivity (Wildman–Crippen MR) is 144 cm³/mol. The summed E-state index contributed by atoms with van der Waals surface area (Å²) in [6.07, 6.45) is 0.968. The van der Waals surface area contributed by atoms with Crippen LogP contribution in [0.5, 0.6) is 0 Å². The summed E-state index contributed by atoms with van der Waals surface area (Å²) < 4.78 is 2.71. The first-order valence-corrected chi connectivity index (χ1v) is 12.5. The van der Waals surface area contributed by atoms with Gasteiger partial charge in [-0.25, -0.2) is 4.79 Å². The molecule has 1 fully saturated rings. The number of aromatic nitrogens is 4. The van der Waals surface area contributed by atoms with Crippen molar-refractivity contribution in [1.29, 1.82) is 0 Å². The molecule has 9 nitrogen and oxygen atoms in total. The molecular formula is C28H30N6O3. The van der Waals surface area contributed by atoms with Crippen molar-refractivity contribution in [2.24, 2.45) is 7.05 Å². The number of hydrogen-bond donors (Lipinski definition) is 1. The fraction of sp³-hybridized carbons (Fsp3) is 0.286. The number of piperazine rings is 1. The van der Waals surface area contributed by atoms with Gasteiger partial charge in [0, 0.05) is 38.8 Å². The van der Waals surface area contributed by atoms with Crippen molar-refractivity contribution < 1.29 is 4.79 Å². The van der Waals surface area contributed by atoms with Gasteiger partial charge in [0.1, 0.15) is 11.4 Å². The van der Waals surface area contributed by atoms with Crippen LogP contribution in [0.2, 0.25) is 0 Å². The van der Waals surface area contributed by atoms with Gasteiger partial charge in [-0.3, -0.25) is 23.8 Å². The van der Waals surface area contributed by atoms with Gasteiger partial charge in [0.15, 0.2) is 0 Å². The van der Waals surface area contributed by atoms with E-state index in [0.29, 0.717) is 48.9 Å². The highest BCUT2D eigenvalue weighted by atomic mass is 16.2. The van der Waals surface area contributed by atoms with Crippen molar-refractivity contribution in [3.05, 3.63) is 98.5 Å². The van der Waals surface area contributed by atoms with E-state index in [-0.39, 0.29) is 17.2 Å². The fourth-order valence-corrected chi connectivity index (χ4v) is 4.84. The Morgan fingerprint density at radius 2 is 1.65 bits per heavy atom. The molecule has 37 heavy (non-hydrogen) atoms. The molecular weight excluding hydrogens is 468 g/mol. The number of amides is 1. The molecule has 0 unspecified atom stereocenters. The molecule has 1 N–H and O–H groups in total. The Morgan fingerprint density at radius 3 is 2.30 bits per heavy atom. The van der Waals surface area contributed by atoms with E-state index in [1.54, 1.807) is 22.5 Å². The van der Waals surface area contributed by atoms with Gasteiger partial charge in [-0.05, 0) is 37.1 Å². The van der Waals surface area contributed by atoms with Crippen LogP contribution in [0.15, 0.2) is 70.3 Å². The van der Waals surface area contributed by atoms with E-state index in [9.17, 15) is 14.4 Å². The van der Waals surface area contributed by atoms with E-state index in [1.807, 2.05) is 47.4 Å². The Bertz CT molecular complexity index is 1540. The normalized spacial score (nSPS) is 13.7. The molecule has 0 radical (unpaired) electrons. The van der Waals surface area contributed by atoms with Crippen molar-refractivity contribution in [1.82, 2.24) is 24.2 Å². The average Bonchev–Trinajstić information content (AvgIpc) is 3.43. The SMILES string of the molecule is CCc1ccc(-c2cc(C(=O)N3CCN(c4c(C)n(-c5ccccc5)c(=O)n(C)c4=O)CC3)[nH]n2)cc1. The molecule has 1 amide bonds. The minimum atomic E-state index is -0.384. The Morgan fingerprint density at radius 1 is 0.973 bits per heavy atom. The third kappa shape index (κ3) is 4.48. The van der Waals surface area contributed by atoms with E-state index in [4.69, 9.17) is 0 Å². The first-order valence-electron chi connectivity index (χ1n) is 12.5. The zero-order valence-corrected chi connectivity index (χ0v) is 21.3. The van der Waals surface area contributed by atoms with E-state index < -0.39 is 0 Å². The van der Waals surface area contributed by atoms with Crippen LogP contribution in [0.25, 0.3) is 16.9 Å². The first kappa shape index (κ1) is 24.3. The Kier molecular flexibility index (Phi) is 6.52. The monoisotopic (exact) mass is 498 g/mol. The predicted octanol–water partition coefficient (Wildman–Crippen LogP) is 2.76. The number of anilines is 1. The third-order valence-electron chi connectivity index (χ3n) is 7.03. The molecule has 0 saturated carbocycles. The highest BCUT2D eigenvalue weighted by Gasteiger charge is 2.27. The molecule has 1 saturated heterocycles. The summed E-state index contributed by atoms with van der Waals surface area (Å²) in [6, 6.07) is 19.2. The lowest BCUT2D eigenvalue weighted by atomic mass is 10.1. The number of nitrogens with zero attached hydrogens (tertiary/aromatic N) is 5. The molecule has 9 heteroatoms. The summed E-state index contributed by atoms with van der Waals surface area (Å²) >= 11 is 0. The van der Waals surface area contributed by atoms with Crippen LogP contribution < -0.4 is 16.1 Å². The summed E-state index contributed by atoms with van der Waals surface area (Å²) in [5.74, 6) is -0.123. The molecule has 0 spiro atoms. The van der Waals surface area contributed by atoms with E-state index in [1.165, 1.54) is 12.6 Å². The van der Waals surface area contributed by atoms with Crippen LogP contribution in [0.1, 0.15) is 28.7 Å². The van der Waals surface area contributed by atoms with Crippen LogP contribution in [-0.4, -0.2) is 56.3 Å². The van der Waals surface area contributed by atoms with Crippen molar-refractivity contribution in [3.8, 4) is 16.9 Å². The number of H-pyrrole nitrogens is 1. The second kappa shape index (κ2) is 9.93. The Hall–Kier alpha value is -4.40. The number of carbonyl (C=O) groups excluding carboxylic acids is 1. The second-order valence-corrected chi connectivity index (χ2v) is 9.25. The van der Waals surface area contributed by atoms with E-state index in [2.05, 4.69) is 29.3 Å².